The molecule has 0 N–H and O–H groups in total. The molecule has 1 aromatic heterocycles. The van der Waals surface area contributed by atoms with Crippen LogP contribution in [0.4, 0.5) is 0 Å². The molecule has 2 heterocycles. The summed E-state index contributed by atoms with van der Waals surface area (Å²) in [5, 5.41) is 1.41. The number of benzene rings is 2. The highest BCUT2D eigenvalue weighted by Gasteiger charge is 2.23. The molecule has 30 heavy (non-hydrogen) atoms. The number of likely N-dealkylation sites (tertiary alicyclic amines) is 1. The molecule has 2 aromatic carbocycles. The summed E-state index contributed by atoms with van der Waals surface area (Å²) in [7, 11) is 0. The summed E-state index contributed by atoms with van der Waals surface area (Å²) in [6, 6.07) is 12.5. The summed E-state index contributed by atoms with van der Waals surface area (Å²) < 4.78 is 1.88. The number of nitrogens with zero attached hydrogens (tertiary/aromatic N) is 3. The zero-order valence-corrected chi connectivity index (χ0v) is 19.0. The zero-order chi connectivity index (χ0) is 21.4. The molecule has 0 spiro atoms. The van der Waals surface area contributed by atoms with Gasteiger partial charge in [-0.1, -0.05) is 29.8 Å². The second-order valence-corrected chi connectivity index (χ2v) is 9.27. The van der Waals surface area contributed by atoms with Crippen molar-refractivity contribution in [1.29, 1.82) is 0 Å². The fourth-order valence-corrected chi connectivity index (χ4v) is 4.65. The Hall–Kier alpha value is -2.17. The van der Waals surface area contributed by atoms with Gasteiger partial charge in [0.2, 0.25) is 0 Å². The molecule has 158 valence electrons. The summed E-state index contributed by atoms with van der Waals surface area (Å²) in [4.78, 5) is 20.7. The van der Waals surface area contributed by atoms with Crippen molar-refractivity contribution >= 4 is 22.5 Å². The lowest BCUT2D eigenvalue weighted by Gasteiger charge is -2.35. The van der Waals surface area contributed by atoms with E-state index in [0.717, 1.165) is 59.1 Å². The van der Waals surface area contributed by atoms with Crippen LogP contribution in [0.1, 0.15) is 38.1 Å². The van der Waals surface area contributed by atoms with Crippen LogP contribution in [-0.4, -0.2) is 33.6 Å². The number of aryl methyl sites for hydroxylation is 2. The molecule has 0 amide bonds. The molecule has 4 rings (SSSR count). The molecule has 3 aromatic rings. The van der Waals surface area contributed by atoms with Crippen LogP contribution in [0.3, 0.4) is 0 Å². The minimum Gasteiger partial charge on any atom is -0.301 e. The van der Waals surface area contributed by atoms with Crippen LogP contribution in [0.2, 0.25) is 5.02 Å². The van der Waals surface area contributed by atoms with E-state index in [1.807, 2.05) is 54.8 Å². The van der Waals surface area contributed by atoms with Gasteiger partial charge < -0.3 is 4.90 Å². The van der Waals surface area contributed by atoms with E-state index < -0.39 is 0 Å². The standard InChI is InChI=1S/C25H30ClN3O/c1-16(2)28-11-5-6-19(14-28)15-29-18(4)27-24-10-9-20(12-22(24)25(29)30)21-8-7-17(3)23(26)13-21/h7-10,12-13,16,19H,5-6,11,14-15H2,1-4H3/t19-/m0/s1. The maximum absolute atomic E-state index is 13.4. The van der Waals surface area contributed by atoms with Gasteiger partial charge in [0, 0.05) is 24.2 Å². The molecule has 5 heteroatoms. The first-order chi connectivity index (χ1) is 14.3. The largest absolute Gasteiger partial charge is 0.301 e. The third kappa shape index (κ3) is 4.17. The Morgan fingerprint density at radius 2 is 1.87 bits per heavy atom. The molecule has 1 atom stereocenters. The Morgan fingerprint density at radius 3 is 2.60 bits per heavy atom. The second-order valence-electron chi connectivity index (χ2n) is 8.87. The molecular formula is C25H30ClN3O. The number of piperidine rings is 1. The van der Waals surface area contributed by atoms with Crippen molar-refractivity contribution in [3.05, 3.63) is 63.2 Å². The number of halogens is 1. The summed E-state index contributed by atoms with van der Waals surface area (Å²) in [6.07, 6.45) is 2.35. The number of rotatable bonds is 4. The Bertz CT molecular complexity index is 1140. The van der Waals surface area contributed by atoms with Crippen LogP contribution >= 0.6 is 11.6 Å². The Labute approximate surface area is 183 Å². The van der Waals surface area contributed by atoms with Crippen LogP contribution in [0.5, 0.6) is 0 Å². The topological polar surface area (TPSA) is 38.1 Å². The molecule has 0 unspecified atom stereocenters. The average molecular weight is 424 g/mol. The predicted octanol–water partition coefficient (Wildman–Crippen LogP) is 5.45. The summed E-state index contributed by atoms with van der Waals surface area (Å²) in [5.74, 6) is 1.27. The van der Waals surface area contributed by atoms with Crippen molar-refractivity contribution in [3.63, 3.8) is 0 Å². The van der Waals surface area contributed by atoms with Crippen LogP contribution < -0.4 is 5.56 Å². The zero-order valence-electron chi connectivity index (χ0n) is 18.3. The molecule has 1 aliphatic heterocycles. The van der Waals surface area contributed by atoms with Crippen molar-refractivity contribution in [1.82, 2.24) is 14.5 Å². The molecule has 0 bridgehead atoms. The van der Waals surface area contributed by atoms with Gasteiger partial charge in [0.15, 0.2) is 0 Å². The molecule has 0 aliphatic carbocycles. The van der Waals surface area contributed by atoms with Crippen molar-refractivity contribution in [2.75, 3.05) is 13.1 Å². The Morgan fingerprint density at radius 1 is 1.13 bits per heavy atom. The smallest absolute Gasteiger partial charge is 0.261 e. The highest BCUT2D eigenvalue weighted by Crippen LogP contribution is 2.27. The van der Waals surface area contributed by atoms with E-state index in [0.29, 0.717) is 17.3 Å². The van der Waals surface area contributed by atoms with Gasteiger partial charge in [-0.3, -0.25) is 9.36 Å². The maximum atomic E-state index is 13.4. The van der Waals surface area contributed by atoms with Gasteiger partial charge in [-0.15, -0.1) is 0 Å². The van der Waals surface area contributed by atoms with Gasteiger partial charge in [-0.2, -0.15) is 0 Å². The summed E-state index contributed by atoms with van der Waals surface area (Å²) in [6.45, 7) is 11.4. The van der Waals surface area contributed by atoms with Crippen molar-refractivity contribution in [2.24, 2.45) is 5.92 Å². The molecule has 1 saturated heterocycles. The monoisotopic (exact) mass is 423 g/mol. The highest BCUT2D eigenvalue weighted by molar-refractivity contribution is 6.31. The van der Waals surface area contributed by atoms with Crippen LogP contribution in [0.25, 0.3) is 22.0 Å². The molecule has 1 aliphatic rings. The van der Waals surface area contributed by atoms with Gasteiger partial charge in [0.25, 0.3) is 5.56 Å². The van der Waals surface area contributed by atoms with E-state index in [1.165, 1.54) is 6.42 Å². The predicted molar refractivity (Wildman–Crippen MR) is 125 cm³/mol. The SMILES string of the molecule is Cc1ccc(-c2ccc3nc(C)n(C[C@H]4CCCN(C(C)C)C4)c(=O)c3c2)cc1Cl. The quantitative estimate of drug-likeness (QED) is 0.559. The second kappa shape index (κ2) is 8.52. The van der Waals surface area contributed by atoms with Crippen molar-refractivity contribution in [3.8, 4) is 11.1 Å². The van der Waals surface area contributed by atoms with Gasteiger partial charge in [0.1, 0.15) is 5.82 Å². The normalized spacial score (nSPS) is 17.7. The van der Waals surface area contributed by atoms with E-state index in [4.69, 9.17) is 16.6 Å². The first-order valence-electron chi connectivity index (χ1n) is 10.8. The van der Waals surface area contributed by atoms with E-state index >= 15 is 0 Å². The van der Waals surface area contributed by atoms with Gasteiger partial charge in [-0.25, -0.2) is 4.98 Å². The minimum absolute atomic E-state index is 0.0548. The third-order valence-corrected chi connectivity index (χ3v) is 6.78. The number of fused-ring (bicyclic) bond motifs is 1. The molecular weight excluding hydrogens is 394 g/mol. The van der Waals surface area contributed by atoms with Gasteiger partial charge in [-0.05, 0) is 87.9 Å². The molecule has 1 fully saturated rings. The first kappa shape index (κ1) is 21.1. The van der Waals surface area contributed by atoms with Gasteiger partial charge >= 0.3 is 0 Å². The maximum Gasteiger partial charge on any atom is 0.261 e. The highest BCUT2D eigenvalue weighted by atomic mass is 35.5. The lowest BCUT2D eigenvalue weighted by atomic mass is 9.96. The van der Waals surface area contributed by atoms with Crippen LogP contribution in [0, 0.1) is 19.8 Å². The molecule has 4 nitrogen and oxygen atoms in total. The fraction of sp³-hybridized carbons (Fsp3) is 0.440. The molecule has 0 saturated carbocycles. The number of hydrogen-bond acceptors (Lipinski definition) is 3. The number of aromatic nitrogens is 2. The van der Waals surface area contributed by atoms with Crippen LogP contribution in [0.15, 0.2) is 41.2 Å². The van der Waals surface area contributed by atoms with Gasteiger partial charge in [0.05, 0.1) is 10.9 Å². The first-order valence-corrected chi connectivity index (χ1v) is 11.2. The van der Waals surface area contributed by atoms with E-state index in [1.54, 1.807) is 0 Å². The van der Waals surface area contributed by atoms with Crippen LogP contribution in [-0.2, 0) is 6.54 Å². The Balaban J connectivity index is 1.70. The number of hydrogen-bond donors (Lipinski definition) is 0. The van der Waals surface area contributed by atoms with E-state index in [2.05, 4.69) is 18.7 Å². The average Bonchev–Trinajstić information content (AvgIpc) is 2.73. The minimum atomic E-state index is 0.0548. The fourth-order valence-electron chi connectivity index (χ4n) is 4.47. The van der Waals surface area contributed by atoms with Crippen molar-refractivity contribution in [2.45, 2.75) is 53.1 Å². The lowest BCUT2D eigenvalue weighted by Crippen LogP contribution is -2.42. The van der Waals surface area contributed by atoms with E-state index in [-0.39, 0.29) is 5.56 Å². The summed E-state index contributed by atoms with van der Waals surface area (Å²) >= 11 is 6.32. The lowest BCUT2D eigenvalue weighted by molar-refractivity contribution is 0.129. The Kier molecular flexibility index (Phi) is 5.99. The van der Waals surface area contributed by atoms with Crippen molar-refractivity contribution < 1.29 is 0 Å². The third-order valence-electron chi connectivity index (χ3n) is 6.37. The molecule has 0 radical (unpaired) electrons. The summed E-state index contributed by atoms with van der Waals surface area (Å²) in [5.41, 5.74) is 3.85. The van der Waals surface area contributed by atoms with E-state index in [9.17, 15) is 4.79 Å².